The van der Waals surface area contributed by atoms with Gasteiger partial charge in [0.15, 0.2) is 0 Å². The highest BCUT2D eigenvalue weighted by molar-refractivity contribution is 5.92. The molecule has 72 valence electrons. The first-order valence-corrected chi connectivity index (χ1v) is 4.65. The molecule has 0 spiro atoms. The van der Waals surface area contributed by atoms with Gasteiger partial charge in [-0.05, 0) is 44.8 Å². The smallest absolute Gasteiger partial charge is 0.295 e. The van der Waals surface area contributed by atoms with Crippen molar-refractivity contribution in [3.8, 4) is 12.3 Å². The first kappa shape index (κ1) is 10.1. The zero-order valence-corrected chi connectivity index (χ0v) is 8.05. The summed E-state index contributed by atoms with van der Waals surface area (Å²) in [6.45, 7) is 2.98. The van der Waals surface area contributed by atoms with E-state index in [9.17, 15) is 4.79 Å². The maximum Gasteiger partial charge on any atom is 0.295 e. The Kier molecular flexibility index (Phi) is 3.78. The van der Waals surface area contributed by atoms with Crippen LogP contribution in [0.4, 0.5) is 0 Å². The largest absolute Gasteiger partial charge is 0.345 e. The van der Waals surface area contributed by atoms with Crippen molar-refractivity contribution in [2.45, 2.75) is 12.8 Å². The van der Waals surface area contributed by atoms with E-state index in [1.165, 1.54) is 0 Å². The highest BCUT2D eigenvalue weighted by Gasteiger charge is 2.16. The van der Waals surface area contributed by atoms with Crippen molar-refractivity contribution in [3.63, 3.8) is 0 Å². The lowest BCUT2D eigenvalue weighted by Gasteiger charge is -2.28. The fraction of sp³-hybridized carbons (Fsp3) is 0.700. The molecule has 1 N–H and O–H groups in total. The average Bonchev–Trinajstić information content (AvgIpc) is 2.16. The summed E-state index contributed by atoms with van der Waals surface area (Å²) in [7, 11) is 2.12. The molecule has 3 nitrogen and oxygen atoms in total. The molecule has 0 atom stereocenters. The Morgan fingerprint density at radius 3 is 2.77 bits per heavy atom. The van der Waals surface area contributed by atoms with Crippen LogP contribution in [-0.4, -0.2) is 37.5 Å². The number of carbonyl (C=O) groups is 1. The van der Waals surface area contributed by atoms with Crippen molar-refractivity contribution in [2.75, 3.05) is 26.7 Å². The van der Waals surface area contributed by atoms with Crippen LogP contribution in [0.3, 0.4) is 0 Å². The molecule has 0 saturated carbocycles. The minimum atomic E-state index is -0.293. The fourth-order valence-electron chi connectivity index (χ4n) is 1.55. The van der Waals surface area contributed by atoms with Crippen LogP contribution in [0.15, 0.2) is 0 Å². The molecule has 0 unspecified atom stereocenters. The van der Waals surface area contributed by atoms with Crippen LogP contribution in [-0.2, 0) is 4.79 Å². The molecule has 1 amide bonds. The van der Waals surface area contributed by atoms with E-state index in [4.69, 9.17) is 6.42 Å². The Hall–Kier alpha value is -1.01. The zero-order valence-electron chi connectivity index (χ0n) is 8.05. The molecule has 1 heterocycles. The second kappa shape index (κ2) is 4.88. The summed E-state index contributed by atoms with van der Waals surface area (Å²) in [5.74, 6) is 2.37. The normalized spacial score (nSPS) is 19.4. The highest BCUT2D eigenvalue weighted by atomic mass is 16.1. The molecule has 1 fully saturated rings. The van der Waals surface area contributed by atoms with Gasteiger partial charge >= 0.3 is 0 Å². The molecule has 13 heavy (non-hydrogen) atoms. The third-order valence-electron chi connectivity index (χ3n) is 2.52. The molecular formula is C10H16N2O. The number of nitrogens with zero attached hydrogens (tertiary/aromatic N) is 1. The van der Waals surface area contributed by atoms with Gasteiger partial charge < -0.3 is 10.2 Å². The number of hydrogen-bond acceptors (Lipinski definition) is 2. The second-order valence-corrected chi connectivity index (χ2v) is 3.60. The summed E-state index contributed by atoms with van der Waals surface area (Å²) < 4.78 is 0. The van der Waals surface area contributed by atoms with E-state index in [1.54, 1.807) is 0 Å². The first-order chi connectivity index (χ1) is 6.22. The lowest BCUT2D eigenvalue weighted by molar-refractivity contribution is -0.115. The van der Waals surface area contributed by atoms with Gasteiger partial charge in [0.1, 0.15) is 0 Å². The van der Waals surface area contributed by atoms with Crippen molar-refractivity contribution in [3.05, 3.63) is 0 Å². The average molecular weight is 180 g/mol. The molecule has 1 saturated heterocycles. The van der Waals surface area contributed by atoms with Crippen molar-refractivity contribution in [2.24, 2.45) is 5.92 Å². The van der Waals surface area contributed by atoms with Gasteiger partial charge in [-0.3, -0.25) is 4.79 Å². The third kappa shape index (κ3) is 3.47. The zero-order chi connectivity index (χ0) is 9.68. The molecule has 1 rings (SSSR count). The fourth-order valence-corrected chi connectivity index (χ4v) is 1.55. The topological polar surface area (TPSA) is 32.3 Å². The van der Waals surface area contributed by atoms with E-state index in [1.807, 2.05) is 0 Å². The second-order valence-electron chi connectivity index (χ2n) is 3.60. The molecule has 0 aromatic heterocycles. The number of rotatable bonds is 2. The van der Waals surface area contributed by atoms with Gasteiger partial charge in [0.25, 0.3) is 5.91 Å². The third-order valence-corrected chi connectivity index (χ3v) is 2.52. The Morgan fingerprint density at radius 2 is 2.23 bits per heavy atom. The Balaban J connectivity index is 2.16. The standard InChI is InChI=1S/C10H16N2O/c1-3-10(13)11-8-9-4-6-12(2)7-5-9/h1,9H,4-8H2,2H3,(H,11,13). The number of piperidine rings is 1. The molecule has 0 radical (unpaired) electrons. The number of nitrogens with one attached hydrogen (secondary N) is 1. The van der Waals surface area contributed by atoms with Gasteiger partial charge in [0.2, 0.25) is 0 Å². The number of carbonyl (C=O) groups excluding carboxylic acids is 1. The first-order valence-electron chi connectivity index (χ1n) is 4.65. The molecule has 1 aliphatic heterocycles. The minimum Gasteiger partial charge on any atom is -0.345 e. The SMILES string of the molecule is C#CC(=O)NCC1CCN(C)CC1. The van der Waals surface area contributed by atoms with Crippen LogP contribution in [0.2, 0.25) is 0 Å². The summed E-state index contributed by atoms with van der Waals surface area (Å²) >= 11 is 0. The van der Waals surface area contributed by atoms with E-state index in [2.05, 4.69) is 23.2 Å². The maximum atomic E-state index is 10.8. The highest BCUT2D eigenvalue weighted by Crippen LogP contribution is 2.14. The van der Waals surface area contributed by atoms with Crippen molar-refractivity contribution in [1.82, 2.24) is 10.2 Å². The van der Waals surface area contributed by atoms with E-state index in [0.29, 0.717) is 5.92 Å². The molecule has 0 bridgehead atoms. The predicted octanol–water partition coefficient (Wildman–Crippen LogP) is 0.0776. The van der Waals surface area contributed by atoms with E-state index >= 15 is 0 Å². The van der Waals surface area contributed by atoms with Gasteiger partial charge in [-0.25, -0.2) is 0 Å². The van der Waals surface area contributed by atoms with E-state index < -0.39 is 0 Å². The lowest BCUT2D eigenvalue weighted by atomic mass is 9.97. The van der Waals surface area contributed by atoms with Crippen LogP contribution >= 0.6 is 0 Å². The maximum absolute atomic E-state index is 10.8. The number of terminal acetylenes is 1. The molecule has 3 heteroatoms. The van der Waals surface area contributed by atoms with Crippen LogP contribution < -0.4 is 5.32 Å². The lowest BCUT2D eigenvalue weighted by Crippen LogP contribution is -2.36. The molecule has 1 aliphatic rings. The summed E-state index contributed by atoms with van der Waals surface area (Å²) in [5.41, 5.74) is 0. The summed E-state index contributed by atoms with van der Waals surface area (Å²) in [6.07, 6.45) is 7.25. The van der Waals surface area contributed by atoms with Gasteiger partial charge in [-0.2, -0.15) is 0 Å². The molecule has 0 aliphatic carbocycles. The van der Waals surface area contributed by atoms with Crippen LogP contribution in [0, 0.1) is 18.3 Å². The Morgan fingerprint density at radius 1 is 1.62 bits per heavy atom. The van der Waals surface area contributed by atoms with Gasteiger partial charge in [-0.15, -0.1) is 6.42 Å². The molecular weight excluding hydrogens is 164 g/mol. The number of hydrogen-bond donors (Lipinski definition) is 1. The van der Waals surface area contributed by atoms with Crippen molar-refractivity contribution >= 4 is 5.91 Å². The summed E-state index contributed by atoms with van der Waals surface area (Å²) in [5, 5.41) is 2.72. The summed E-state index contributed by atoms with van der Waals surface area (Å²) in [4.78, 5) is 13.1. The van der Waals surface area contributed by atoms with Crippen LogP contribution in [0.1, 0.15) is 12.8 Å². The number of amides is 1. The number of likely N-dealkylation sites (tertiary alicyclic amines) is 1. The van der Waals surface area contributed by atoms with Gasteiger partial charge in [0.05, 0.1) is 0 Å². The van der Waals surface area contributed by atoms with E-state index in [-0.39, 0.29) is 5.91 Å². The van der Waals surface area contributed by atoms with Crippen molar-refractivity contribution in [1.29, 1.82) is 0 Å². The van der Waals surface area contributed by atoms with Crippen molar-refractivity contribution < 1.29 is 4.79 Å². The molecule has 0 aromatic carbocycles. The Labute approximate surface area is 79.5 Å². The predicted molar refractivity (Wildman–Crippen MR) is 52.1 cm³/mol. The van der Waals surface area contributed by atoms with Gasteiger partial charge in [0, 0.05) is 6.54 Å². The summed E-state index contributed by atoms with van der Waals surface area (Å²) in [6, 6.07) is 0. The van der Waals surface area contributed by atoms with Gasteiger partial charge in [-0.1, -0.05) is 0 Å². The minimum absolute atomic E-state index is 0.293. The van der Waals surface area contributed by atoms with E-state index in [0.717, 1.165) is 32.5 Å². The Bertz CT molecular complexity index is 211. The quantitative estimate of drug-likeness (QED) is 0.610. The van der Waals surface area contributed by atoms with Crippen LogP contribution in [0.25, 0.3) is 0 Å². The molecule has 0 aromatic rings. The monoisotopic (exact) mass is 180 g/mol. The van der Waals surface area contributed by atoms with Crippen LogP contribution in [0.5, 0.6) is 0 Å².